The van der Waals surface area contributed by atoms with Gasteiger partial charge in [-0.15, -0.1) is 0 Å². The summed E-state index contributed by atoms with van der Waals surface area (Å²) >= 11 is 6.20. The van der Waals surface area contributed by atoms with Crippen LogP contribution in [0.5, 0.6) is 11.5 Å². The average Bonchev–Trinajstić information content (AvgIpc) is 2.63. The van der Waals surface area contributed by atoms with Gasteiger partial charge >= 0.3 is 0 Å². The van der Waals surface area contributed by atoms with Crippen LogP contribution >= 0.6 is 11.6 Å². The number of halogens is 2. The number of amides is 1. The molecule has 4 nitrogen and oxygen atoms in total. The molecular formula is C18H15ClFNO3. The largest absolute Gasteiger partial charge is 0.486 e. The predicted molar refractivity (Wildman–Crippen MR) is 88.8 cm³/mol. The molecule has 0 fully saturated rings. The second kappa shape index (κ2) is 5.98. The summed E-state index contributed by atoms with van der Waals surface area (Å²) in [5.74, 6) is 0.211. The Balaban J connectivity index is 1.79. The van der Waals surface area contributed by atoms with Gasteiger partial charge in [0.05, 0.1) is 11.3 Å². The third-order valence-corrected chi connectivity index (χ3v) is 4.65. The molecule has 2 aromatic rings. The Morgan fingerprint density at radius 3 is 2.88 bits per heavy atom. The summed E-state index contributed by atoms with van der Waals surface area (Å²) < 4.78 is 25.5. The molecule has 2 aromatic carbocycles. The summed E-state index contributed by atoms with van der Waals surface area (Å²) in [5.41, 5.74) is 1.32. The van der Waals surface area contributed by atoms with Gasteiger partial charge in [-0.1, -0.05) is 17.7 Å². The average molecular weight is 348 g/mol. The van der Waals surface area contributed by atoms with E-state index in [-0.39, 0.29) is 11.6 Å². The van der Waals surface area contributed by atoms with E-state index in [4.69, 9.17) is 21.1 Å². The molecule has 0 aliphatic carbocycles. The molecule has 0 spiro atoms. The van der Waals surface area contributed by atoms with E-state index in [0.29, 0.717) is 53.8 Å². The lowest BCUT2D eigenvalue weighted by molar-refractivity contribution is 0.0973. The zero-order valence-corrected chi connectivity index (χ0v) is 13.6. The molecule has 0 bridgehead atoms. The Morgan fingerprint density at radius 2 is 2.00 bits per heavy atom. The highest BCUT2D eigenvalue weighted by atomic mass is 35.5. The van der Waals surface area contributed by atoms with Crippen molar-refractivity contribution in [3.8, 4) is 11.5 Å². The van der Waals surface area contributed by atoms with Crippen LogP contribution in [0, 0.1) is 5.82 Å². The first-order valence-corrected chi connectivity index (χ1v) is 8.22. The first-order valence-electron chi connectivity index (χ1n) is 7.84. The molecular weight excluding hydrogens is 333 g/mol. The van der Waals surface area contributed by atoms with Gasteiger partial charge in [0.25, 0.3) is 5.91 Å². The molecule has 24 heavy (non-hydrogen) atoms. The summed E-state index contributed by atoms with van der Waals surface area (Å²) in [6.45, 7) is 1.27. The molecule has 0 aromatic heterocycles. The minimum absolute atomic E-state index is 0.271. The standard InChI is InChI=1S/C18H15ClFNO3/c19-13-6-7-14(20)16-11(13)4-2-8-21(16)18(22)12-3-1-5-15-17(12)24-10-9-23-15/h1,3,5-7H,2,4,8-10H2. The molecule has 124 valence electrons. The van der Waals surface area contributed by atoms with Gasteiger partial charge < -0.3 is 14.4 Å². The number of ether oxygens (including phenoxy) is 2. The van der Waals surface area contributed by atoms with Crippen molar-refractivity contribution in [3.63, 3.8) is 0 Å². The maximum atomic E-state index is 14.4. The zero-order chi connectivity index (χ0) is 16.7. The van der Waals surface area contributed by atoms with Crippen LogP contribution < -0.4 is 14.4 Å². The topological polar surface area (TPSA) is 38.8 Å². The molecule has 2 aliphatic rings. The molecule has 6 heteroatoms. The molecule has 4 rings (SSSR count). The lowest BCUT2D eigenvalue weighted by Crippen LogP contribution is -2.37. The highest BCUT2D eigenvalue weighted by Crippen LogP contribution is 2.39. The monoisotopic (exact) mass is 347 g/mol. The molecule has 2 aliphatic heterocycles. The fourth-order valence-electron chi connectivity index (χ4n) is 3.23. The van der Waals surface area contributed by atoms with Gasteiger partial charge in [-0.05, 0) is 42.7 Å². The van der Waals surface area contributed by atoms with Gasteiger partial charge in [0.1, 0.15) is 19.0 Å². The number of hydrogen-bond donors (Lipinski definition) is 0. The summed E-state index contributed by atoms with van der Waals surface area (Å²) in [6.07, 6.45) is 1.39. The van der Waals surface area contributed by atoms with Crippen molar-refractivity contribution in [2.45, 2.75) is 12.8 Å². The van der Waals surface area contributed by atoms with E-state index in [2.05, 4.69) is 0 Å². The number of benzene rings is 2. The molecule has 0 unspecified atom stereocenters. The smallest absolute Gasteiger partial charge is 0.262 e. The van der Waals surface area contributed by atoms with Gasteiger partial charge in [-0.2, -0.15) is 0 Å². The number of nitrogens with zero attached hydrogens (tertiary/aromatic N) is 1. The predicted octanol–water partition coefficient (Wildman–Crippen LogP) is 3.84. The van der Waals surface area contributed by atoms with E-state index in [0.717, 1.165) is 6.42 Å². The van der Waals surface area contributed by atoms with Crippen molar-refractivity contribution in [1.29, 1.82) is 0 Å². The number of anilines is 1. The van der Waals surface area contributed by atoms with E-state index in [1.54, 1.807) is 18.2 Å². The van der Waals surface area contributed by atoms with Gasteiger partial charge in [0.2, 0.25) is 0 Å². The number of carbonyl (C=O) groups is 1. The normalized spacial score (nSPS) is 15.8. The third-order valence-electron chi connectivity index (χ3n) is 4.30. The minimum atomic E-state index is -0.440. The molecule has 0 atom stereocenters. The molecule has 0 saturated carbocycles. The number of rotatable bonds is 1. The maximum Gasteiger partial charge on any atom is 0.262 e. The fourth-order valence-corrected chi connectivity index (χ4v) is 3.48. The highest BCUT2D eigenvalue weighted by molar-refractivity contribution is 6.32. The van der Waals surface area contributed by atoms with Crippen molar-refractivity contribution >= 4 is 23.2 Å². The molecule has 0 radical (unpaired) electrons. The first-order chi connectivity index (χ1) is 11.7. The van der Waals surface area contributed by atoms with E-state index >= 15 is 0 Å². The van der Waals surface area contributed by atoms with Crippen LogP contribution in [-0.4, -0.2) is 25.7 Å². The van der Waals surface area contributed by atoms with Crippen LogP contribution in [0.3, 0.4) is 0 Å². The quantitative estimate of drug-likeness (QED) is 0.786. The van der Waals surface area contributed by atoms with Crippen molar-refractivity contribution < 1.29 is 18.7 Å². The lowest BCUT2D eigenvalue weighted by Gasteiger charge is -2.31. The van der Waals surface area contributed by atoms with Gasteiger partial charge in [0.15, 0.2) is 11.5 Å². The fraction of sp³-hybridized carbons (Fsp3) is 0.278. The third kappa shape index (κ3) is 2.40. The van der Waals surface area contributed by atoms with Crippen LogP contribution in [0.4, 0.5) is 10.1 Å². The second-order valence-corrected chi connectivity index (χ2v) is 6.15. The number of hydrogen-bond acceptors (Lipinski definition) is 3. The summed E-state index contributed by atoms with van der Waals surface area (Å²) in [4.78, 5) is 14.5. The maximum absolute atomic E-state index is 14.4. The van der Waals surface area contributed by atoms with Crippen LogP contribution in [0.25, 0.3) is 0 Å². The van der Waals surface area contributed by atoms with Crippen LogP contribution in [0.1, 0.15) is 22.3 Å². The van der Waals surface area contributed by atoms with Crippen molar-refractivity contribution in [3.05, 3.63) is 52.3 Å². The van der Waals surface area contributed by atoms with Crippen LogP contribution in [-0.2, 0) is 6.42 Å². The Bertz CT molecular complexity index is 824. The van der Waals surface area contributed by atoms with Crippen LogP contribution in [0.2, 0.25) is 5.02 Å². The van der Waals surface area contributed by atoms with E-state index in [1.165, 1.54) is 17.0 Å². The number of carbonyl (C=O) groups excluding carboxylic acids is 1. The Labute approximate surface area is 143 Å². The van der Waals surface area contributed by atoms with Gasteiger partial charge in [0, 0.05) is 11.6 Å². The Hall–Kier alpha value is -2.27. The first kappa shape index (κ1) is 15.3. The number of para-hydroxylation sites is 1. The lowest BCUT2D eigenvalue weighted by atomic mass is 10.00. The molecule has 1 amide bonds. The SMILES string of the molecule is O=C(c1cccc2c1OCCO2)N1CCCc2c(Cl)ccc(F)c21. The molecule has 0 N–H and O–H groups in total. The molecule has 0 saturated heterocycles. The van der Waals surface area contributed by atoms with Crippen molar-refractivity contribution in [1.82, 2.24) is 0 Å². The Kier molecular flexibility index (Phi) is 3.81. The van der Waals surface area contributed by atoms with Crippen molar-refractivity contribution in [2.24, 2.45) is 0 Å². The van der Waals surface area contributed by atoms with E-state index in [9.17, 15) is 9.18 Å². The van der Waals surface area contributed by atoms with E-state index in [1.807, 2.05) is 0 Å². The molecule has 2 heterocycles. The van der Waals surface area contributed by atoms with Crippen LogP contribution in [0.15, 0.2) is 30.3 Å². The summed E-state index contributed by atoms with van der Waals surface area (Å²) in [7, 11) is 0. The highest BCUT2D eigenvalue weighted by Gasteiger charge is 2.31. The Morgan fingerprint density at radius 1 is 1.17 bits per heavy atom. The zero-order valence-electron chi connectivity index (χ0n) is 12.9. The van der Waals surface area contributed by atoms with Crippen molar-refractivity contribution in [2.75, 3.05) is 24.7 Å². The number of fused-ring (bicyclic) bond motifs is 2. The summed E-state index contributed by atoms with van der Waals surface area (Å²) in [5, 5.41) is 0.485. The van der Waals surface area contributed by atoms with E-state index < -0.39 is 5.82 Å². The summed E-state index contributed by atoms with van der Waals surface area (Å²) in [6, 6.07) is 8.00. The van der Waals surface area contributed by atoms with Gasteiger partial charge in [-0.25, -0.2) is 4.39 Å². The minimum Gasteiger partial charge on any atom is -0.486 e. The second-order valence-electron chi connectivity index (χ2n) is 5.75. The van der Waals surface area contributed by atoms with Gasteiger partial charge in [-0.3, -0.25) is 4.79 Å².